The van der Waals surface area contributed by atoms with Crippen LogP contribution in [0.25, 0.3) is 10.2 Å². The summed E-state index contributed by atoms with van der Waals surface area (Å²) in [5, 5.41) is 11.1. The highest BCUT2D eigenvalue weighted by molar-refractivity contribution is 7.18. The number of carboxylic acids is 1. The van der Waals surface area contributed by atoms with E-state index in [0.29, 0.717) is 6.54 Å². The van der Waals surface area contributed by atoms with Gasteiger partial charge in [-0.15, -0.1) is 11.3 Å². The normalized spacial score (nSPS) is 12.6. The van der Waals surface area contributed by atoms with Crippen LogP contribution in [0.4, 0.5) is 5.82 Å². The van der Waals surface area contributed by atoms with Crippen molar-refractivity contribution in [3.63, 3.8) is 0 Å². The molecule has 0 radical (unpaired) electrons. The zero-order chi connectivity index (χ0) is 14.0. The van der Waals surface area contributed by atoms with Crippen molar-refractivity contribution in [1.29, 1.82) is 0 Å². The summed E-state index contributed by atoms with van der Waals surface area (Å²) in [6.45, 7) is 6.91. The van der Waals surface area contributed by atoms with E-state index in [9.17, 15) is 4.79 Å². The van der Waals surface area contributed by atoms with Gasteiger partial charge in [-0.3, -0.25) is 4.79 Å². The number of nitrogens with zero attached hydrogens (tertiary/aromatic N) is 3. The topological polar surface area (TPSA) is 66.3 Å². The lowest BCUT2D eigenvalue weighted by atomic mass is 10.1. The fourth-order valence-electron chi connectivity index (χ4n) is 1.96. The van der Waals surface area contributed by atoms with Crippen molar-refractivity contribution in [2.24, 2.45) is 5.92 Å². The van der Waals surface area contributed by atoms with Crippen LogP contribution >= 0.6 is 11.3 Å². The maximum atomic E-state index is 11.0. The van der Waals surface area contributed by atoms with E-state index in [2.05, 4.69) is 15.3 Å². The number of thiophene rings is 1. The molecule has 1 N–H and O–H groups in total. The molecule has 0 bridgehead atoms. The van der Waals surface area contributed by atoms with Gasteiger partial charge in [-0.25, -0.2) is 9.97 Å². The molecular weight excluding hydrogens is 262 g/mol. The van der Waals surface area contributed by atoms with Gasteiger partial charge in [0, 0.05) is 13.1 Å². The van der Waals surface area contributed by atoms with Crippen LogP contribution in [0.1, 0.15) is 19.4 Å². The molecule has 0 saturated heterocycles. The lowest BCUT2D eigenvalue weighted by Gasteiger charge is -2.24. The van der Waals surface area contributed by atoms with Crippen molar-refractivity contribution < 1.29 is 9.90 Å². The van der Waals surface area contributed by atoms with Gasteiger partial charge in [0.05, 0.1) is 16.1 Å². The molecule has 19 heavy (non-hydrogen) atoms. The molecule has 6 heteroatoms. The highest BCUT2D eigenvalue weighted by Crippen LogP contribution is 2.31. The minimum absolute atomic E-state index is 0.425. The summed E-state index contributed by atoms with van der Waals surface area (Å²) in [4.78, 5) is 21.6. The quantitative estimate of drug-likeness (QED) is 0.911. The largest absolute Gasteiger partial charge is 0.481 e. The summed E-state index contributed by atoms with van der Waals surface area (Å²) in [6.07, 6.45) is 1.55. The summed E-state index contributed by atoms with van der Waals surface area (Å²) in [6, 6.07) is 0. The second-order valence-electron chi connectivity index (χ2n) is 4.57. The lowest BCUT2D eigenvalue weighted by molar-refractivity contribution is -0.140. The monoisotopic (exact) mass is 279 g/mol. The lowest BCUT2D eigenvalue weighted by Crippen LogP contribution is -2.32. The third-order valence-corrected chi connectivity index (χ3v) is 4.19. The first kappa shape index (κ1) is 13.7. The summed E-state index contributed by atoms with van der Waals surface area (Å²) in [5.41, 5.74) is 2.09. The van der Waals surface area contributed by atoms with Gasteiger partial charge in [-0.2, -0.15) is 0 Å². The number of fused-ring (bicyclic) bond motifs is 1. The van der Waals surface area contributed by atoms with Crippen molar-refractivity contribution in [2.45, 2.75) is 20.8 Å². The maximum Gasteiger partial charge on any atom is 0.308 e. The number of aryl methyl sites for hydroxylation is 1. The third kappa shape index (κ3) is 2.68. The first-order valence-electron chi connectivity index (χ1n) is 6.21. The van der Waals surface area contributed by atoms with Crippen molar-refractivity contribution >= 4 is 33.3 Å². The first-order chi connectivity index (χ1) is 9.04. The fourth-order valence-corrected chi connectivity index (χ4v) is 2.98. The Balaban J connectivity index is 2.38. The van der Waals surface area contributed by atoms with Gasteiger partial charge in [-0.1, -0.05) is 6.92 Å². The minimum atomic E-state index is -0.786. The van der Waals surface area contributed by atoms with Crippen LogP contribution < -0.4 is 4.90 Å². The van der Waals surface area contributed by atoms with Crippen molar-refractivity contribution in [1.82, 2.24) is 9.97 Å². The Morgan fingerprint density at radius 2 is 2.26 bits per heavy atom. The van der Waals surface area contributed by atoms with E-state index in [1.54, 1.807) is 24.6 Å². The molecule has 2 rings (SSSR count). The zero-order valence-electron chi connectivity index (χ0n) is 11.3. The van der Waals surface area contributed by atoms with Crippen LogP contribution in [0.15, 0.2) is 11.7 Å². The molecule has 2 aromatic rings. The molecule has 0 aliphatic rings. The van der Waals surface area contributed by atoms with Crippen molar-refractivity contribution in [3.8, 4) is 0 Å². The van der Waals surface area contributed by atoms with E-state index in [0.717, 1.165) is 28.1 Å². The zero-order valence-corrected chi connectivity index (χ0v) is 12.1. The van der Waals surface area contributed by atoms with Crippen LogP contribution in [0.5, 0.6) is 0 Å². The molecule has 2 aromatic heterocycles. The van der Waals surface area contributed by atoms with E-state index in [-0.39, 0.29) is 0 Å². The fraction of sp³-hybridized carbons (Fsp3) is 0.462. The van der Waals surface area contributed by atoms with Crippen LogP contribution in [-0.4, -0.2) is 34.1 Å². The predicted molar refractivity (Wildman–Crippen MR) is 76.8 cm³/mol. The number of aromatic nitrogens is 2. The van der Waals surface area contributed by atoms with E-state index >= 15 is 0 Å². The molecule has 0 amide bonds. The van der Waals surface area contributed by atoms with Gasteiger partial charge in [0.2, 0.25) is 0 Å². The summed E-state index contributed by atoms with van der Waals surface area (Å²) < 4.78 is 1.03. The molecule has 1 atom stereocenters. The second kappa shape index (κ2) is 5.52. The van der Waals surface area contributed by atoms with Gasteiger partial charge >= 0.3 is 5.97 Å². The molecule has 0 aliphatic heterocycles. The Bertz CT molecular complexity index is 597. The molecule has 0 aliphatic carbocycles. The van der Waals surface area contributed by atoms with Crippen LogP contribution in [-0.2, 0) is 4.79 Å². The molecule has 0 saturated carbocycles. The number of carboxylic acid groups (broad SMARTS) is 1. The Labute approximate surface area is 115 Å². The van der Waals surface area contributed by atoms with E-state index in [4.69, 9.17) is 5.11 Å². The Morgan fingerprint density at radius 1 is 1.53 bits per heavy atom. The number of rotatable bonds is 5. The highest BCUT2D eigenvalue weighted by Gasteiger charge is 2.19. The molecule has 2 heterocycles. The van der Waals surface area contributed by atoms with Crippen molar-refractivity contribution in [2.75, 3.05) is 18.0 Å². The molecule has 0 spiro atoms. The number of carbonyl (C=O) groups is 1. The molecular formula is C13H17N3O2S. The Hall–Kier alpha value is -1.69. The average Bonchev–Trinajstić information content (AvgIpc) is 2.77. The Kier molecular flexibility index (Phi) is 3.99. The molecule has 0 aromatic carbocycles. The van der Waals surface area contributed by atoms with Gasteiger partial charge in [0.1, 0.15) is 12.1 Å². The first-order valence-corrected chi connectivity index (χ1v) is 7.09. The van der Waals surface area contributed by atoms with Gasteiger partial charge in [0.25, 0.3) is 0 Å². The van der Waals surface area contributed by atoms with Gasteiger partial charge < -0.3 is 10.0 Å². The molecule has 5 nitrogen and oxygen atoms in total. The highest BCUT2D eigenvalue weighted by atomic mass is 32.1. The third-order valence-electron chi connectivity index (χ3n) is 3.11. The van der Waals surface area contributed by atoms with E-state index in [1.807, 2.05) is 18.7 Å². The number of hydrogen-bond acceptors (Lipinski definition) is 5. The smallest absolute Gasteiger partial charge is 0.308 e. The molecule has 1 unspecified atom stereocenters. The summed E-state index contributed by atoms with van der Waals surface area (Å²) >= 11 is 1.61. The minimum Gasteiger partial charge on any atom is -0.481 e. The van der Waals surface area contributed by atoms with E-state index < -0.39 is 11.9 Å². The number of aliphatic carboxylic acids is 1. The van der Waals surface area contributed by atoms with Crippen LogP contribution in [0.3, 0.4) is 0 Å². The summed E-state index contributed by atoms with van der Waals surface area (Å²) in [7, 11) is 0. The van der Waals surface area contributed by atoms with Crippen LogP contribution in [0.2, 0.25) is 0 Å². The Morgan fingerprint density at radius 3 is 2.89 bits per heavy atom. The summed E-state index contributed by atoms with van der Waals surface area (Å²) in [5.74, 6) is -0.379. The van der Waals surface area contributed by atoms with Crippen LogP contribution in [0, 0.1) is 12.8 Å². The average molecular weight is 279 g/mol. The molecule has 102 valence electrons. The number of anilines is 1. The SMILES string of the molecule is CCN(CC(C)C(=O)O)c1ncnc2c(C)csc12. The standard InChI is InChI=1S/C13H17N3O2S/c1-4-16(5-8(2)13(17)18)12-11-10(14-7-15-12)9(3)6-19-11/h6-8H,4-5H2,1-3H3,(H,17,18). The molecule has 0 fully saturated rings. The van der Waals surface area contributed by atoms with Gasteiger partial charge in [-0.05, 0) is 24.8 Å². The number of hydrogen-bond donors (Lipinski definition) is 1. The predicted octanol–water partition coefficient (Wildman–Crippen LogP) is 2.55. The maximum absolute atomic E-state index is 11.0. The van der Waals surface area contributed by atoms with Gasteiger partial charge in [0.15, 0.2) is 0 Å². The van der Waals surface area contributed by atoms with E-state index in [1.165, 1.54) is 0 Å². The second-order valence-corrected chi connectivity index (χ2v) is 5.45. The van der Waals surface area contributed by atoms with Crippen molar-refractivity contribution in [3.05, 3.63) is 17.3 Å².